The van der Waals surface area contributed by atoms with Crippen LogP contribution in [-0.2, 0) is 19.2 Å². The van der Waals surface area contributed by atoms with E-state index in [0.717, 1.165) is 49.7 Å². The summed E-state index contributed by atoms with van der Waals surface area (Å²) in [6.45, 7) is 1.13. The molecule has 2 saturated carbocycles. The normalized spacial score (nSPS) is 31.9. The minimum Gasteiger partial charge on any atom is -0.481 e. The van der Waals surface area contributed by atoms with Gasteiger partial charge in [-0.15, -0.1) is 0 Å². The Morgan fingerprint density at radius 1 is 0.643 bits per heavy atom. The summed E-state index contributed by atoms with van der Waals surface area (Å²) in [6, 6.07) is 20.0. The SMILES string of the molecule is O=C(O)C1CC(c2ccccc2)CCC12C(=O)N2CCCCCCN1C(=O)C12CCC(c1ccccc1)CC2C(=O)O. The van der Waals surface area contributed by atoms with E-state index < -0.39 is 34.9 Å². The maximum absolute atomic E-state index is 12.9. The average molecular weight is 573 g/mol. The van der Waals surface area contributed by atoms with Gasteiger partial charge in [-0.25, -0.2) is 0 Å². The quantitative estimate of drug-likeness (QED) is 0.288. The molecule has 2 aromatic carbocycles. The van der Waals surface area contributed by atoms with Crippen LogP contribution in [0.15, 0.2) is 60.7 Å². The van der Waals surface area contributed by atoms with E-state index in [1.165, 1.54) is 0 Å². The molecule has 222 valence electrons. The van der Waals surface area contributed by atoms with E-state index in [1.54, 1.807) is 9.80 Å². The van der Waals surface area contributed by atoms with Crippen LogP contribution in [-0.4, -0.2) is 67.9 Å². The molecule has 8 nitrogen and oxygen atoms in total. The Morgan fingerprint density at radius 2 is 1.02 bits per heavy atom. The highest BCUT2D eigenvalue weighted by molar-refractivity contribution is 6.06. The van der Waals surface area contributed by atoms with E-state index in [9.17, 15) is 29.4 Å². The molecule has 6 rings (SSSR count). The lowest BCUT2D eigenvalue weighted by Crippen LogP contribution is -2.41. The number of hydrogen-bond acceptors (Lipinski definition) is 4. The first-order valence-electron chi connectivity index (χ1n) is 15.5. The maximum atomic E-state index is 12.9. The van der Waals surface area contributed by atoms with Crippen molar-refractivity contribution in [1.29, 1.82) is 0 Å². The molecule has 2 aromatic rings. The van der Waals surface area contributed by atoms with E-state index in [0.29, 0.717) is 38.8 Å². The molecule has 2 heterocycles. The van der Waals surface area contributed by atoms with E-state index >= 15 is 0 Å². The third-order valence-corrected chi connectivity index (χ3v) is 10.7. The third kappa shape index (κ3) is 4.78. The zero-order chi connectivity index (χ0) is 29.5. The van der Waals surface area contributed by atoms with Gasteiger partial charge >= 0.3 is 11.9 Å². The summed E-state index contributed by atoms with van der Waals surface area (Å²) in [5.41, 5.74) is 0.591. The van der Waals surface area contributed by atoms with Crippen LogP contribution in [0.3, 0.4) is 0 Å². The van der Waals surface area contributed by atoms with Gasteiger partial charge in [-0.2, -0.15) is 0 Å². The molecule has 2 spiro atoms. The highest BCUT2D eigenvalue weighted by Crippen LogP contribution is 2.55. The van der Waals surface area contributed by atoms with E-state index in [2.05, 4.69) is 0 Å². The second-order valence-corrected chi connectivity index (χ2v) is 12.7. The Hall–Kier alpha value is -3.68. The summed E-state index contributed by atoms with van der Waals surface area (Å²) in [7, 11) is 0. The molecule has 0 radical (unpaired) electrons. The Kier molecular flexibility index (Phi) is 7.58. The fourth-order valence-corrected chi connectivity index (χ4v) is 8.30. The molecule has 2 aliphatic carbocycles. The number of rotatable bonds is 11. The monoisotopic (exact) mass is 572 g/mol. The van der Waals surface area contributed by atoms with Crippen molar-refractivity contribution in [3.05, 3.63) is 71.8 Å². The fraction of sp³-hybridized carbons (Fsp3) is 0.529. The standard InChI is InChI=1S/C34H40N2O6/c37-29(38)27-21-25(23-11-5-3-6-12-23)15-17-33(27)31(41)35(33)19-9-1-2-10-20-36-32(42)34(36)18-16-26(22-28(34)30(39)40)24-13-7-4-8-14-24/h3-8,11-14,25-28H,1-2,9-10,15-22H2,(H,37,38)(H,39,40). The molecular formula is C34H40N2O6. The number of carbonyl (C=O) groups is 4. The molecule has 4 fully saturated rings. The summed E-state index contributed by atoms with van der Waals surface area (Å²) in [5, 5.41) is 20.0. The second kappa shape index (κ2) is 11.2. The van der Waals surface area contributed by atoms with Gasteiger partial charge in [0.25, 0.3) is 0 Å². The molecule has 6 atom stereocenters. The van der Waals surface area contributed by atoms with Gasteiger partial charge in [0.1, 0.15) is 11.1 Å². The number of nitrogens with zero attached hydrogens (tertiary/aromatic N) is 2. The Labute approximate surface area is 246 Å². The summed E-state index contributed by atoms with van der Waals surface area (Å²) >= 11 is 0. The van der Waals surface area contributed by atoms with Crippen LogP contribution < -0.4 is 0 Å². The minimum absolute atomic E-state index is 0.0242. The first-order valence-corrected chi connectivity index (χ1v) is 15.5. The van der Waals surface area contributed by atoms with Crippen molar-refractivity contribution >= 4 is 23.8 Å². The molecule has 2 saturated heterocycles. The number of unbranched alkanes of at least 4 members (excludes halogenated alkanes) is 3. The van der Waals surface area contributed by atoms with Crippen molar-refractivity contribution in [2.45, 2.75) is 87.1 Å². The largest absolute Gasteiger partial charge is 0.481 e. The summed E-state index contributed by atoms with van der Waals surface area (Å²) in [6.07, 6.45) is 7.07. The molecule has 2 amide bonds. The van der Waals surface area contributed by atoms with Crippen LogP contribution in [0.5, 0.6) is 0 Å². The number of amides is 2. The summed E-state index contributed by atoms with van der Waals surface area (Å²) < 4.78 is 0. The van der Waals surface area contributed by atoms with Crippen molar-refractivity contribution in [2.75, 3.05) is 13.1 Å². The molecular weight excluding hydrogens is 532 g/mol. The van der Waals surface area contributed by atoms with Crippen LogP contribution in [0.2, 0.25) is 0 Å². The molecule has 8 heteroatoms. The lowest BCUT2D eigenvalue weighted by molar-refractivity contribution is -0.146. The Bertz CT molecular complexity index is 1240. The van der Waals surface area contributed by atoms with Gasteiger partial charge < -0.3 is 20.0 Å². The van der Waals surface area contributed by atoms with Crippen molar-refractivity contribution < 1.29 is 29.4 Å². The fourth-order valence-electron chi connectivity index (χ4n) is 8.30. The summed E-state index contributed by atoms with van der Waals surface area (Å²) in [5.74, 6) is -2.88. The van der Waals surface area contributed by atoms with Crippen LogP contribution >= 0.6 is 0 Å². The number of carboxylic acids is 2. The van der Waals surface area contributed by atoms with Gasteiger partial charge in [-0.05, 0) is 74.3 Å². The molecule has 4 aliphatic rings. The number of aliphatic carboxylic acids is 2. The molecule has 42 heavy (non-hydrogen) atoms. The minimum atomic E-state index is -0.888. The third-order valence-electron chi connectivity index (χ3n) is 10.7. The first kappa shape index (κ1) is 28.4. The Morgan fingerprint density at radius 3 is 1.38 bits per heavy atom. The zero-order valence-electron chi connectivity index (χ0n) is 24.0. The molecule has 6 unspecified atom stereocenters. The topological polar surface area (TPSA) is 115 Å². The first-order chi connectivity index (χ1) is 20.3. The van der Waals surface area contributed by atoms with Gasteiger partial charge in [0.15, 0.2) is 0 Å². The second-order valence-electron chi connectivity index (χ2n) is 12.7. The number of carbonyl (C=O) groups excluding carboxylic acids is 2. The lowest BCUT2D eigenvalue weighted by Gasteiger charge is -2.33. The maximum Gasteiger partial charge on any atom is 0.309 e. The smallest absolute Gasteiger partial charge is 0.309 e. The van der Waals surface area contributed by atoms with E-state index in [1.807, 2.05) is 60.7 Å². The zero-order valence-corrected chi connectivity index (χ0v) is 24.0. The van der Waals surface area contributed by atoms with Crippen LogP contribution in [0.1, 0.15) is 87.2 Å². The van der Waals surface area contributed by atoms with Crippen LogP contribution in [0, 0.1) is 11.8 Å². The number of hydrogen-bond donors (Lipinski definition) is 2. The highest BCUT2D eigenvalue weighted by atomic mass is 16.4. The average Bonchev–Trinajstić information content (AvgIpc) is 3.78. The van der Waals surface area contributed by atoms with Crippen molar-refractivity contribution in [1.82, 2.24) is 9.80 Å². The van der Waals surface area contributed by atoms with Gasteiger partial charge in [-0.3, -0.25) is 19.2 Å². The van der Waals surface area contributed by atoms with Crippen LogP contribution in [0.4, 0.5) is 0 Å². The van der Waals surface area contributed by atoms with Gasteiger partial charge in [0.2, 0.25) is 11.8 Å². The van der Waals surface area contributed by atoms with Gasteiger partial charge in [0.05, 0.1) is 11.8 Å². The summed E-state index contributed by atoms with van der Waals surface area (Å²) in [4.78, 5) is 53.9. The number of benzene rings is 2. The molecule has 2 N–H and O–H groups in total. The predicted molar refractivity (Wildman–Crippen MR) is 156 cm³/mol. The predicted octanol–water partition coefficient (Wildman–Crippen LogP) is 5.05. The van der Waals surface area contributed by atoms with Crippen molar-refractivity contribution in [3.63, 3.8) is 0 Å². The molecule has 0 aromatic heterocycles. The Balaban J connectivity index is 0.963. The highest BCUT2D eigenvalue weighted by Gasteiger charge is 2.70. The molecule has 0 bridgehead atoms. The van der Waals surface area contributed by atoms with Crippen LogP contribution in [0.25, 0.3) is 0 Å². The van der Waals surface area contributed by atoms with Gasteiger partial charge in [0, 0.05) is 13.1 Å². The number of carboxylic acid groups (broad SMARTS) is 2. The van der Waals surface area contributed by atoms with Gasteiger partial charge in [-0.1, -0.05) is 73.5 Å². The van der Waals surface area contributed by atoms with E-state index in [4.69, 9.17) is 0 Å². The van der Waals surface area contributed by atoms with Crippen molar-refractivity contribution in [3.8, 4) is 0 Å². The lowest BCUT2D eigenvalue weighted by atomic mass is 9.71. The van der Waals surface area contributed by atoms with Crippen molar-refractivity contribution in [2.24, 2.45) is 11.8 Å². The molecule has 2 aliphatic heterocycles. The van der Waals surface area contributed by atoms with E-state index in [-0.39, 0.29) is 23.7 Å².